The summed E-state index contributed by atoms with van der Waals surface area (Å²) in [6.07, 6.45) is 4.28. The minimum atomic E-state index is -3.26. The SMILES string of the molecule is COc1cncc(C(N)C(C)(C)S(C)(=O)=O)c1. The number of hydrogen-bond acceptors (Lipinski definition) is 5. The molecule has 0 aromatic carbocycles. The van der Waals surface area contributed by atoms with Crippen LogP contribution in [0, 0.1) is 0 Å². The van der Waals surface area contributed by atoms with Gasteiger partial charge in [-0.05, 0) is 25.5 Å². The van der Waals surface area contributed by atoms with Gasteiger partial charge < -0.3 is 10.5 Å². The molecule has 1 atom stereocenters. The third-order valence-electron chi connectivity index (χ3n) is 3.03. The van der Waals surface area contributed by atoms with E-state index in [9.17, 15) is 8.42 Å². The number of pyridine rings is 1. The fraction of sp³-hybridized carbons (Fsp3) is 0.545. The highest BCUT2D eigenvalue weighted by molar-refractivity contribution is 7.92. The van der Waals surface area contributed by atoms with Crippen molar-refractivity contribution in [2.75, 3.05) is 13.4 Å². The molecule has 1 unspecified atom stereocenters. The van der Waals surface area contributed by atoms with Gasteiger partial charge in [0.05, 0.1) is 24.1 Å². The molecule has 0 spiro atoms. The van der Waals surface area contributed by atoms with Gasteiger partial charge in [-0.25, -0.2) is 8.42 Å². The second kappa shape index (κ2) is 4.62. The Bertz CT molecular complexity index is 497. The Balaban J connectivity index is 3.16. The summed E-state index contributed by atoms with van der Waals surface area (Å²) in [5.74, 6) is 0.558. The van der Waals surface area contributed by atoms with E-state index in [-0.39, 0.29) is 0 Å². The first-order valence-corrected chi connectivity index (χ1v) is 7.03. The molecule has 0 fully saturated rings. The number of nitrogens with zero attached hydrogens (tertiary/aromatic N) is 1. The number of nitrogens with two attached hydrogens (primary N) is 1. The molecule has 0 radical (unpaired) electrons. The summed E-state index contributed by atoms with van der Waals surface area (Å²) in [5.41, 5.74) is 6.65. The van der Waals surface area contributed by atoms with E-state index in [1.807, 2.05) is 0 Å². The number of hydrogen-bond donors (Lipinski definition) is 1. The molecular weight excluding hydrogens is 240 g/mol. The van der Waals surface area contributed by atoms with E-state index in [4.69, 9.17) is 10.5 Å². The number of methoxy groups -OCH3 is 1. The first-order chi connectivity index (χ1) is 7.70. The third-order valence-corrected chi connectivity index (χ3v) is 5.20. The van der Waals surface area contributed by atoms with E-state index >= 15 is 0 Å². The lowest BCUT2D eigenvalue weighted by Crippen LogP contribution is -2.42. The highest BCUT2D eigenvalue weighted by atomic mass is 32.2. The molecule has 5 nitrogen and oxygen atoms in total. The van der Waals surface area contributed by atoms with Gasteiger partial charge in [-0.2, -0.15) is 0 Å². The van der Waals surface area contributed by atoms with Crippen LogP contribution in [-0.4, -0.2) is 31.5 Å². The van der Waals surface area contributed by atoms with Crippen LogP contribution in [0.4, 0.5) is 0 Å². The maximum absolute atomic E-state index is 11.7. The number of ether oxygens (including phenoxy) is 1. The first-order valence-electron chi connectivity index (χ1n) is 5.14. The smallest absolute Gasteiger partial charge is 0.154 e. The highest BCUT2D eigenvalue weighted by Crippen LogP contribution is 2.30. The van der Waals surface area contributed by atoms with E-state index in [1.54, 1.807) is 32.3 Å². The largest absolute Gasteiger partial charge is 0.495 e. The molecule has 1 rings (SSSR count). The van der Waals surface area contributed by atoms with Gasteiger partial charge in [0, 0.05) is 12.5 Å². The van der Waals surface area contributed by atoms with Crippen LogP contribution in [-0.2, 0) is 9.84 Å². The molecule has 1 aromatic rings. The van der Waals surface area contributed by atoms with E-state index in [2.05, 4.69) is 4.98 Å². The fourth-order valence-electron chi connectivity index (χ4n) is 1.35. The summed E-state index contributed by atoms with van der Waals surface area (Å²) in [5, 5.41) is 0. The summed E-state index contributed by atoms with van der Waals surface area (Å²) in [6, 6.07) is 1.05. The zero-order valence-corrected chi connectivity index (χ0v) is 11.3. The summed E-state index contributed by atoms with van der Waals surface area (Å²) >= 11 is 0. The van der Waals surface area contributed by atoms with Gasteiger partial charge in [-0.15, -0.1) is 0 Å². The minimum absolute atomic E-state index is 0.558. The molecule has 0 amide bonds. The van der Waals surface area contributed by atoms with Crippen molar-refractivity contribution in [2.24, 2.45) is 5.73 Å². The molecule has 0 aliphatic heterocycles. The molecule has 2 N–H and O–H groups in total. The quantitative estimate of drug-likeness (QED) is 0.868. The van der Waals surface area contributed by atoms with Crippen molar-refractivity contribution in [1.29, 1.82) is 0 Å². The molecule has 96 valence electrons. The Morgan fingerprint density at radius 3 is 2.47 bits per heavy atom. The zero-order valence-electron chi connectivity index (χ0n) is 10.5. The summed E-state index contributed by atoms with van der Waals surface area (Å²) in [7, 11) is -1.74. The molecule has 0 aliphatic rings. The Morgan fingerprint density at radius 1 is 1.41 bits per heavy atom. The van der Waals surface area contributed by atoms with Gasteiger partial charge in [-0.1, -0.05) is 0 Å². The van der Waals surface area contributed by atoms with Gasteiger partial charge in [0.25, 0.3) is 0 Å². The molecule has 0 saturated carbocycles. The van der Waals surface area contributed by atoms with Crippen molar-refractivity contribution < 1.29 is 13.2 Å². The predicted octanol–water partition coefficient (Wildman–Crippen LogP) is 0.913. The lowest BCUT2D eigenvalue weighted by atomic mass is 9.97. The maximum Gasteiger partial charge on any atom is 0.154 e. The molecule has 0 saturated heterocycles. The van der Waals surface area contributed by atoms with Crippen molar-refractivity contribution in [3.05, 3.63) is 24.0 Å². The third kappa shape index (κ3) is 2.76. The maximum atomic E-state index is 11.7. The minimum Gasteiger partial charge on any atom is -0.495 e. The molecule has 0 bridgehead atoms. The number of aromatic nitrogens is 1. The van der Waals surface area contributed by atoms with Crippen LogP contribution in [0.1, 0.15) is 25.5 Å². The molecule has 0 aliphatic carbocycles. The average Bonchev–Trinajstić information content (AvgIpc) is 2.26. The first kappa shape index (κ1) is 13.9. The van der Waals surface area contributed by atoms with Crippen LogP contribution in [0.3, 0.4) is 0 Å². The van der Waals surface area contributed by atoms with Crippen LogP contribution >= 0.6 is 0 Å². The van der Waals surface area contributed by atoms with E-state index < -0.39 is 20.6 Å². The molecule has 1 heterocycles. The van der Waals surface area contributed by atoms with Crippen LogP contribution in [0.15, 0.2) is 18.5 Å². The number of rotatable bonds is 4. The Labute approximate surface area is 102 Å². The topological polar surface area (TPSA) is 82.3 Å². The van der Waals surface area contributed by atoms with Crippen LogP contribution in [0.25, 0.3) is 0 Å². The molecule has 6 heteroatoms. The normalized spacial score (nSPS) is 14.4. The van der Waals surface area contributed by atoms with Gasteiger partial charge >= 0.3 is 0 Å². The van der Waals surface area contributed by atoms with E-state index in [1.165, 1.54) is 13.4 Å². The number of sulfone groups is 1. The summed E-state index contributed by atoms with van der Waals surface area (Å²) in [4.78, 5) is 3.97. The standard InChI is InChI=1S/C11H18N2O3S/c1-11(2,17(4,14)15)10(12)8-5-9(16-3)7-13-6-8/h5-7,10H,12H2,1-4H3. The Morgan fingerprint density at radius 2 is 2.00 bits per heavy atom. The monoisotopic (exact) mass is 258 g/mol. The highest BCUT2D eigenvalue weighted by Gasteiger charge is 2.37. The Kier molecular flexibility index (Phi) is 3.78. The van der Waals surface area contributed by atoms with Crippen LogP contribution in [0.2, 0.25) is 0 Å². The summed E-state index contributed by atoms with van der Waals surface area (Å²) in [6.45, 7) is 3.21. The zero-order chi connectivity index (χ0) is 13.3. The van der Waals surface area contributed by atoms with E-state index in [0.717, 1.165) is 0 Å². The summed E-state index contributed by atoms with van der Waals surface area (Å²) < 4.78 is 27.4. The molecule has 1 aromatic heterocycles. The van der Waals surface area contributed by atoms with Crippen molar-refractivity contribution in [1.82, 2.24) is 4.98 Å². The van der Waals surface area contributed by atoms with Crippen molar-refractivity contribution in [3.63, 3.8) is 0 Å². The fourth-order valence-corrected chi connectivity index (χ4v) is 1.95. The second-order valence-corrected chi connectivity index (χ2v) is 7.11. The van der Waals surface area contributed by atoms with Crippen molar-refractivity contribution in [3.8, 4) is 5.75 Å². The van der Waals surface area contributed by atoms with Gasteiger partial charge in [0.2, 0.25) is 0 Å². The lowest BCUT2D eigenvalue weighted by Gasteiger charge is -2.29. The van der Waals surface area contributed by atoms with Crippen LogP contribution < -0.4 is 10.5 Å². The van der Waals surface area contributed by atoms with E-state index in [0.29, 0.717) is 11.3 Å². The average molecular weight is 258 g/mol. The molecule has 17 heavy (non-hydrogen) atoms. The van der Waals surface area contributed by atoms with Crippen molar-refractivity contribution in [2.45, 2.75) is 24.6 Å². The lowest BCUT2D eigenvalue weighted by molar-refractivity contribution is 0.410. The molecular formula is C11H18N2O3S. The van der Waals surface area contributed by atoms with Gasteiger partial charge in [-0.3, -0.25) is 4.98 Å². The predicted molar refractivity (Wildman–Crippen MR) is 66.6 cm³/mol. The Hall–Kier alpha value is -1.14. The van der Waals surface area contributed by atoms with Crippen LogP contribution in [0.5, 0.6) is 5.75 Å². The van der Waals surface area contributed by atoms with Gasteiger partial charge in [0.15, 0.2) is 9.84 Å². The second-order valence-electron chi connectivity index (χ2n) is 4.51. The van der Waals surface area contributed by atoms with Gasteiger partial charge in [0.1, 0.15) is 5.75 Å². The van der Waals surface area contributed by atoms with Crippen molar-refractivity contribution >= 4 is 9.84 Å².